The van der Waals surface area contributed by atoms with Gasteiger partial charge < -0.3 is 15.4 Å². The fourth-order valence-corrected chi connectivity index (χ4v) is 3.80. The van der Waals surface area contributed by atoms with Crippen LogP contribution in [-0.4, -0.2) is 23.5 Å². The van der Waals surface area contributed by atoms with Crippen molar-refractivity contribution in [2.45, 2.75) is 51.5 Å². The van der Waals surface area contributed by atoms with Gasteiger partial charge in [0.1, 0.15) is 0 Å². The van der Waals surface area contributed by atoms with Gasteiger partial charge in [-0.05, 0) is 42.9 Å². The van der Waals surface area contributed by atoms with Crippen LogP contribution >= 0.6 is 0 Å². The van der Waals surface area contributed by atoms with Crippen LogP contribution in [-0.2, 0) is 9.53 Å². The van der Waals surface area contributed by atoms with Gasteiger partial charge in [0.25, 0.3) is 5.69 Å². The third-order valence-electron chi connectivity index (χ3n) is 5.34. The highest BCUT2D eigenvalue weighted by atomic mass is 16.6. The maximum atomic E-state index is 12.9. The number of nitro benzene ring substituents is 1. The van der Waals surface area contributed by atoms with Crippen LogP contribution in [0.2, 0.25) is 0 Å². The topological polar surface area (TPSA) is 111 Å². The lowest BCUT2D eigenvalue weighted by Gasteiger charge is -2.29. The summed E-state index contributed by atoms with van der Waals surface area (Å²) in [5, 5.41) is 16.3. The second-order valence-electron chi connectivity index (χ2n) is 7.23. The molecule has 3 rings (SSSR count). The number of urea groups is 1. The molecule has 2 N–H and O–H groups in total. The number of carbonyl (C=O) groups excluding carboxylic acids is 2. The fourth-order valence-electron chi connectivity index (χ4n) is 3.80. The van der Waals surface area contributed by atoms with Crippen molar-refractivity contribution in [2.75, 3.05) is 6.61 Å². The van der Waals surface area contributed by atoms with E-state index in [1.165, 1.54) is 18.6 Å². The summed E-state index contributed by atoms with van der Waals surface area (Å²) in [6, 6.07) is 4.71. The molecule has 2 aliphatic rings. The Balaban J connectivity index is 1.83. The van der Waals surface area contributed by atoms with E-state index in [0.29, 0.717) is 35.8 Å². The van der Waals surface area contributed by atoms with Crippen LogP contribution in [0.25, 0.3) is 0 Å². The van der Waals surface area contributed by atoms with Gasteiger partial charge in [-0.3, -0.25) is 10.1 Å². The molecule has 1 heterocycles. The normalized spacial score (nSPS) is 20.3. The Labute approximate surface area is 163 Å². The van der Waals surface area contributed by atoms with Crippen LogP contribution in [0.4, 0.5) is 10.5 Å². The molecule has 1 aliphatic heterocycles. The van der Waals surface area contributed by atoms with E-state index < -0.39 is 23.0 Å². The molecule has 0 radical (unpaired) electrons. The van der Waals surface area contributed by atoms with E-state index in [-0.39, 0.29) is 5.69 Å². The highest BCUT2D eigenvalue weighted by molar-refractivity contribution is 5.95. The average molecular weight is 387 g/mol. The van der Waals surface area contributed by atoms with Gasteiger partial charge in [-0.25, -0.2) is 9.59 Å². The zero-order valence-electron chi connectivity index (χ0n) is 15.9. The first-order valence-electron chi connectivity index (χ1n) is 9.71. The highest BCUT2D eigenvalue weighted by Gasteiger charge is 2.33. The van der Waals surface area contributed by atoms with Crippen molar-refractivity contribution in [1.29, 1.82) is 0 Å². The largest absolute Gasteiger partial charge is 0.462 e. The molecular weight excluding hydrogens is 362 g/mol. The molecule has 8 heteroatoms. The Kier molecular flexibility index (Phi) is 6.28. The molecule has 8 nitrogen and oxygen atoms in total. The number of nitrogens with zero attached hydrogens (tertiary/aromatic N) is 1. The number of non-ortho nitro benzene ring substituents is 1. The van der Waals surface area contributed by atoms with E-state index in [9.17, 15) is 19.7 Å². The minimum absolute atomic E-state index is 0.0508. The van der Waals surface area contributed by atoms with Crippen molar-refractivity contribution in [2.24, 2.45) is 5.92 Å². The molecule has 0 bridgehead atoms. The molecule has 0 spiro atoms. The maximum absolute atomic E-state index is 12.9. The molecule has 1 aromatic rings. The number of hydrogen-bond acceptors (Lipinski definition) is 5. The third kappa shape index (κ3) is 4.49. The van der Waals surface area contributed by atoms with Crippen LogP contribution in [0.1, 0.15) is 57.1 Å². The lowest BCUT2D eigenvalue weighted by molar-refractivity contribution is -0.384. The molecule has 1 fully saturated rings. The molecule has 0 saturated heterocycles. The first-order chi connectivity index (χ1) is 13.5. The predicted molar refractivity (Wildman–Crippen MR) is 102 cm³/mol. The van der Waals surface area contributed by atoms with Crippen molar-refractivity contribution >= 4 is 17.7 Å². The second-order valence-corrected chi connectivity index (χ2v) is 7.23. The number of amides is 2. The second kappa shape index (κ2) is 8.86. The minimum Gasteiger partial charge on any atom is -0.462 e. The lowest BCUT2D eigenvalue weighted by atomic mass is 9.90. The zero-order chi connectivity index (χ0) is 20.1. The van der Waals surface area contributed by atoms with Gasteiger partial charge in [0.2, 0.25) is 0 Å². The van der Waals surface area contributed by atoms with Crippen LogP contribution in [0.15, 0.2) is 35.5 Å². The van der Waals surface area contributed by atoms with E-state index >= 15 is 0 Å². The predicted octanol–water partition coefficient (Wildman–Crippen LogP) is 3.74. The Bertz CT molecular complexity index is 782. The Hall–Kier alpha value is -2.90. The third-order valence-corrected chi connectivity index (χ3v) is 5.34. The molecule has 1 atom stereocenters. The summed E-state index contributed by atoms with van der Waals surface area (Å²) < 4.78 is 5.61. The van der Waals surface area contributed by atoms with Crippen molar-refractivity contribution in [3.63, 3.8) is 0 Å². The first kappa shape index (κ1) is 19.9. The van der Waals surface area contributed by atoms with Gasteiger partial charge in [-0.1, -0.05) is 26.2 Å². The van der Waals surface area contributed by atoms with Crippen LogP contribution in [0, 0.1) is 16.0 Å². The monoisotopic (exact) mass is 387 g/mol. The Morgan fingerprint density at radius 3 is 2.50 bits per heavy atom. The Morgan fingerprint density at radius 1 is 1.21 bits per heavy atom. The standard InChI is InChI=1S/C20H25N3O5/c1-2-16-17(19(24)28-12-13-6-4-3-5-7-13)18(22-20(25)21-16)14-8-10-15(11-9-14)23(26)27/h8-11,13,18H,2-7,12H2,1H3,(H2,21,22,25)/t18-/m0/s1. The SMILES string of the molecule is CCC1=C(C(=O)OCC2CCCCC2)[C@H](c2ccc([N+](=O)[O-])cc2)NC(=O)N1. The molecule has 1 aromatic carbocycles. The molecule has 150 valence electrons. The smallest absolute Gasteiger partial charge is 0.338 e. The molecule has 0 aromatic heterocycles. The summed E-state index contributed by atoms with van der Waals surface area (Å²) in [6.45, 7) is 2.22. The summed E-state index contributed by atoms with van der Waals surface area (Å²) in [5.41, 5.74) is 1.41. The zero-order valence-corrected chi connectivity index (χ0v) is 15.9. The van der Waals surface area contributed by atoms with Gasteiger partial charge in [0.15, 0.2) is 0 Å². The molecule has 1 aliphatic carbocycles. The summed E-state index contributed by atoms with van der Waals surface area (Å²) in [5.74, 6) is -0.0781. The number of ether oxygens (including phenoxy) is 1. The van der Waals surface area contributed by atoms with Crippen molar-refractivity contribution in [1.82, 2.24) is 10.6 Å². The summed E-state index contributed by atoms with van der Waals surface area (Å²) >= 11 is 0. The van der Waals surface area contributed by atoms with E-state index in [1.807, 2.05) is 6.92 Å². The van der Waals surface area contributed by atoms with Crippen LogP contribution in [0.3, 0.4) is 0 Å². The van der Waals surface area contributed by atoms with E-state index in [4.69, 9.17) is 4.74 Å². The van der Waals surface area contributed by atoms with Gasteiger partial charge in [0.05, 0.1) is 23.1 Å². The molecule has 28 heavy (non-hydrogen) atoms. The minimum atomic E-state index is -0.705. The average Bonchev–Trinajstić information content (AvgIpc) is 2.72. The number of hydrogen-bond donors (Lipinski definition) is 2. The molecule has 1 saturated carbocycles. The Morgan fingerprint density at radius 2 is 1.89 bits per heavy atom. The molecular formula is C20H25N3O5. The maximum Gasteiger partial charge on any atom is 0.338 e. The lowest BCUT2D eigenvalue weighted by Crippen LogP contribution is -2.46. The van der Waals surface area contributed by atoms with Gasteiger partial charge in [-0.15, -0.1) is 0 Å². The number of allylic oxidation sites excluding steroid dienone is 1. The summed E-state index contributed by atoms with van der Waals surface area (Å²) in [4.78, 5) is 35.3. The summed E-state index contributed by atoms with van der Waals surface area (Å²) in [6.07, 6.45) is 6.14. The summed E-state index contributed by atoms with van der Waals surface area (Å²) in [7, 11) is 0. The number of carbonyl (C=O) groups is 2. The number of nitrogens with one attached hydrogen (secondary N) is 2. The fraction of sp³-hybridized carbons (Fsp3) is 0.500. The van der Waals surface area contributed by atoms with Crippen LogP contribution < -0.4 is 10.6 Å². The number of rotatable bonds is 6. The van der Waals surface area contributed by atoms with Crippen molar-refractivity contribution in [3.05, 3.63) is 51.2 Å². The van der Waals surface area contributed by atoms with Crippen molar-refractivity contribution < 1.29 is 19.2 Å². The number of nitro groups is 1. The van der Waals surface area contributed by atoms with E-state index in [2.05, 4.69) is 10.6 Å². The number of benzene rings is 1. The van der Waals surface area contributed by atoms with E-state index in [1.54, 1.807) is 12.1 Å². The van der Waals surface area contributed by atoms with E-state index in [0.717, 1.165) is 25.7 Å². The van der Waals surface area contributed by atoms with Crippen LogP contribution in [0.5, 0.6) is 0 Å². The molecule has 0 unspecified atom stereocenters. The number of esters is 1. The van der Waals surface area contributed by atoms with Gasteiger partial charge in [0, 0.05) is 17.8 Å². The first-order valence-corrected chi connectivity index (χ1v) is 9.71. The van der Waals surface area contributed by atoms with Gasteiger partial charge >= 0.3 is 12.0 Å². The van der Waals surface area contributed by atoms with Crippen molar-refractivity contribution in [3.8, 4) is 0 Å². The highest BCUT2D eigenvalue weighted by Crippen LogP contribution is 2.31. The molecule has 2 amide bonds. The van der Waals surface area contributed by atoms with Gasteiger partial charge in [-0.2, -0.15) is 0 Å². The quantitative estimate of drug-likeness (QED) is 0.439.